The first kappa shape index (κ1) is 13.2. The van der Waals surface area contributed by atoms with Crippen LogP contribution in [0.4, 0.5) is 0 Å². The van der Waals surface area contributed by atoms with Gasteiger partial charge in [-0.25, -0.2) is 0 Å². The van der Waals surface area contributed by atoms with Gasteiger partial charge in [0.1, 0.15) is 5.78 Å². The maximum Gasteiger partial charge on any atom is 0.315 e. The predicted molar refractivity (Wildman–Crippen MR) is 63.3 cm³/mol. The third-order valence-corrected chi connectivity index (χ3v) is 3.01. The number of amides is 1. The fourth-order valence-electron chi connectivity index (χ4n) is 1.77. The van der Waals surface area contributed by atoms with E-state index in [1.54, 1.807) is 6.92 Å². The highest BCUT2D eigenvalue weighted by Gasteiger charge is 2.32. The molecule has 0 aromatic heterocycles. The normalized spacial score (nSPS) is 15.4. The monoisotopic (exact) mass is 225 g/mol. The van der Waals surface area contributed by atoms with E-state index < -0.39 is 0 Å². The molecule has 5 heteroatoms. The average Bonchev–Trinajstić information content (AvgIpc) is 2.10. The molecular formula is C11H20BNO3. The topological polar surface area (TPSA) is 55.4 Å². The lowest BCUT2D eigenvalue weighted by atomic mass is 9.48. The summed E-state index contributed by atoms with van der Waals surface area (Å²) < 4.78 is 5.67. The maximum atomic E-state index is 10.8. The summed E-state index contributed by atoms with van der Waals surface area (Å²) in [7, 11) is 0. The number of Topliss-reactive ketones (excluding diaryl/α,β-unsaturated/α-hetero) is 1. The van der Waals surface area contributed by atoms with Gasteiger partial charge < -0.3 is 9.97 Å². The van der Waals surface area contributed by atoms with Crippen LogP contribution in [0.3, 0.4) is 0 Å². The molecule has 0 aromatic rings. The second-order valence-electron chi connectivity index (χ2n) is 4.49. The zero-order valence-electron chi connectivity index (χ0n) is 10.1. The van der Waals surface area contributed by atoms with Gasteiger partial charge in [0.05, 0.1) is 0 Å². The Morgan fingerprint density at radius 1 is 1.38 bits per heavy atom. The Kier molecular flexibility index (Phi) is 5.53. The number of nitrogens with one attached hydrogen (secondary N) is 1. The second-order valence-corrected chi connectivity index (χ2v) is 4.49. The summed E-state index contributed by atoms with van der Waals surface area (Å²) in [5, 5.41) is 2.78. The van der Waals surface area contributed by atoms with Crippen LogP contribution in [-0.4, -0.2) is 31.7 Å². The minimum Gasteiger partial charge on any atom is -0.433 e. The Hall–Kier alpha value is -0.835. The van der Waals surface area contributed by atoms with Crippen LogP contribution >= 0.6 is 0 Å². The quantitative estimate of drug-likeness (QED) is 0.662. The lowest BCUT2D eigenvalue weighted by molar-refractivity contribution is -0.119. The molecule has 1 fully saturated rings. The molecule has 0 bridgehead atoms. The molecule has 4 nitrogen and oxygen atoms in total. The Morgan fingerprint density at radius 3 is 2.50 bits per heavy atom. The van der Waals surface area contributed by atoms with Gasteiger partial charge in [0.15, 0.2) is 0 Å². The van der Waals surface area contributed by atoms with Crippen LogP contribution in [0.15, 0.2) is 0 Å². The lowest BCUT2D eigenvalue weighted by Crippen LogP contribution is -2.41. The molecule has 0 aliphatic heterocycles. The van der Waals surface area contributed by atoms with E-state index in [1.807, 2.05) is 0 Å². The molecule has 1 rings (SSSR count). The van der Waals surface area contributed by atoms with Gasteiger partial charge in [-0.3, -0.25) is 9.59 Å². The van der Waals surface area contributed by atoms with Crippen molar-refractivity contribution in [3.8, 4) is 0 Å². The molecule has 1 aliphatic rings. The first-order valence-electron chi connectivity index (χ1n) is 5.95. The molecule has 1 amide bonds. The van der Waals surface area contributed by atoms with Crippen molar-refractivity contribution in [1.29, 1.82) is 0 Å². The van der Waals surface area contributed by atoms with Crippen molar-refractivity contribution in [2.75, 3.05) is 13.1 Å². The van der Waals surface area contributed by atoms with Gasteiger partial charge in [0.2, 0.25) is 5.91 Å². The summed E-state index contributed by atoms with van der Waals surface area (Å²) in [6, 6.07) is 0. The zero-order valence-corrected chi connectivity index (χ0v) is 10.1. The van der Waals surface area contributed by atoms with Crippen molar-refractivity contribution in [2.24, 2.45) is 0 Å². The molecule has 1 saturated carbocycles. The fraction of sp³-hybridized carbons (Fsp3) is 0.818. The van der Waals surface area contributed by atoms with Gasteiger partial charge in [-0.15, -0.1) is 0 Å². The number of rotatable bonds is 7. The minimum atomic E-state index is -0.0282. The molecule has 16 heavy (non-hydrogen) atoms. The summed E-state index contributed by atoms with van der Waals surface area (Å²) in [6.07, 6.45) is 4.62. The number of carbonyl (C=O) groups excluding carboxylic acids is 2. The molecule has 1 N–H and O–H groups in total. The van der Waals surface area contributed by atoms with E-state index in [4.69, 9.17) is 4.65 Å². The first-order valence-corrected chi connectivity index (χ1v) is 5.95. The Morgan fingerprint density at radius 2 is 2.06 bits per heavy atom. The van der Waals surface area contributed by atoms with E-state index in [2.05, 4.69) is 5.32 Å². The van der Waals surface area contributed by atoms with Crippen molar-refractivity contribution >= 4 is 18.6 Å². The third-order valence-electron chi connectivity index (χ3n) is 3.01. The van der Waals surface area contributed by atoms with E-state index in [0.29, 0.717) is 25.3 Å². The molecule has 0 atom stereocenters. The summed E-state index contributed by atoms with van der Waals surface area (Å²) in [5.41, 5.74) is 0. The number of carbonyl (C=O) groups is 2. The van der Waals surface area contributed by atoms with Gasteiger partial charge in [0.25, 0.3) is 0 Å². The summed E-state index contributed by atoms with van der Waals surface area (Å²) in [5.74, 6) is 0.671. The molecule has 0 radical (unpaired) electrons. The van der Waals surface area contributed by atoms with Gasteiger partial charge >= 0.3 is 6.92 Å². The molecule has 0 unspecified atom stereocenters. The van der Waals surface area contributed by atoms with Crippen molar-refractivity contribution in [3.63, 3.8) is 0 Å². The zero-order chi connectivity index (χ0) is 12.0. The van der Waals surface area contributed by atoms with E-state index in [1.165, 1.54) is 26.2 Å². The van der Waals surface area contributed by atoms with E-state index in [9.17, 15) is 9.59 Å². The summed E-state index contributed by atoms with van der Waals surface area (Å²) in [4.78, 5) is 21.6. The molecular weight excluding hydrogens is 205 g/mol. The fourth-order valence-corrected chi connectivity index (χ4v) is 1.77. The van der Waals surface area contributed by atoms with Crippen LogP contribution < -0.4 is 5.32 Å². The molecule has 0 spiro atoms. The first-order chi connectivity index (χ1) is 7.59. The highest BCUT2D eigenvalue weighted by Crippen LogP contribution is 2.35. The Labute approximate surface area is 97.2 Å². The van der Waals surface area contributed by atoms with Gasteiger partial charge in [-0.05, 0) is 12.7 Å². The molecule has 0 heterocycles. The number of ketones is 1. The average molecular weight is 225 g/mol. The molecule has 1 aliphatic carbocycles. The molecule has 90 valence electrons. The van der Waals surface area contributed by atoms with Crippen LogP contribution in [0.5, 0.6) is 0 Å². The van der Waals surface area contributed by atoms with Crippen molar-refractivity contribution in [2.45, 2.75) is 45.3 Å². The SMILES string of the molecule is CC(=O)CCOB(CNC(C)=O)C1CCC1. The minimum absolute atomic E-state index is 0.0282. The van der Waals surface area contributed by atoms with Crippen LogP contribution in [0, 0.1) is 0 Å². The Bertz CT molecular complexity index is 254. The third kappa shape index (κ3) is 4.79. The van der Waals surface area contributed by atoms with E-state index in [-0.39, 0.29) is 18.6 Å². The second kappa shape index (κ2) is 6.68. The van der Waals surface area contributed by atoms with Crippen LogP contribution in [0.2, 0.25) is 5.82 Å². The van der Waals surface area contributed by atoms with E-state index in [0.717, 1.165) is 0 Å². The smallest absolute Gasteiger partial charge is 0.315 e. The van der Waals surface area contributed by atoms with Gasteiger partial charge in [-0.2, -0.15) is 0 Å². The van der Waals surface area contributed by atoms with Gasteiger partial charge in [-0.1, -0.05) is 19.3 Å². The summed E-state index contributed by atoms with van der Waals surface area (Å²) >= 11 is 0. The highest BCUT2D eigenvalue weighted by atomic mass is 16.4. The number of hydrogen-bond acceptors (Lipinski definition) is 3. The standard InChI is InChI=1S/C11H20BNO3/c1-9(14)6-7-16-12(8-13-10(2)15)11-4-3-5-11/h11H,3-8H2,1-2H3,(H,13,15). The van der Waals surface area contributed by atoms with E-state index >= 15 is 0 Å². The maximum absolute atomic E-state index is 10.8. The van der Waals surface area contributed by atoms with Crippen LogP contribution in [0.25, 0.3) is 0 Å². The lowest BCUT2D eigenvalue weighted by Gasteiger charge is -2.31. The van der Waals surface area contributed by atoms with Crippen molar-refractivity contribution in [1.82, 2.24) is 5.32 Å². The molecule has 0 aromatic carbocycles. The molecule has 0 saturated heterocycles. The van der Waals surface area contributed by atoms with Crippen molar-refractivity contribution < 1.29 is 14.2 Å². The van der Waals surface area contributed by atoms with Crippen LogP contribution in [0.1, 0.15) is 39.5 Å². The van der Waals surface area contributed by atoms with Crippen molar-refractivity contribution in [3.05, 3.63) is 0 Å². The Balaban J connectivity index is 2.25. The largest absolute Gasteiger partial charge is 0.433 e. The summed E-state index contributed by atoms with van der Waals surface area (Å²) in [6.45, 7) is 3.62. The number of hydrogen-bond donors (Lipinski definition) is 1. The van der Waals surface area contributed by atoms with Crippen LogP contribution in [-0.2, 0) is 14.2 Å². The highest BCUT2D eigenvalue weighted by molar-refractivity contribution is 6.54. The van der Waals surface area contributed by atoms with Gasteiger partial charge in [0, 0.05) is 26.4 Å². The predicted octanol–water partition coefficient (Wildman–Crippen LogP) is 1.20.